The molecule has 4 nitrogen and oxygen atoms in total. The highest BCUT2D eigenvalue weighted by Gasteiger charge is 2.09. The molecule has 1 aromatic rings. The molecule has 0 atom stereocenters. The summed E-state index contributed by atoms with van der Waals surface area (Å²) in [6.07, 6.45) is -0.422. The third-order valence-corrected chi connectivity index (χ3v) is 1.63. The van der Waals surface area contributed by atoms with Crippen molar-refractivity contribution in [3.05, 3.63) is 24.3 Å². The molecule has 0 radical (unpaired) electrons. The van der Waals surface area contributed by atoms with Crippen molar-refractivity contribution in [3.63, 3.8) is 0 Å². The van der Waals surface area contributed by atoms with Crippen molar-refractivity contribution in [2.75, 3.05) is 21.2 Å². The Balaban J connectivity index is -0.000000425. The first-order valence-electron chi connectivity index (χ1n) is 7.17. The molecule has 0 saturated carbocycles. The third kappa shape index (κ3) is 10.2. The van der Waals surface area contributed by atoms with Crippen molar-refractivity contribution in [1.29, 1.82) is 0 Å². The van der Waals surface area contributed by atoms with Gasteiger partial charge in [0.1, 0.15) is 0 Å². The number of nitrogens with zero attached hydrogens (tertiary/aromatic N) is 1. The molecule has 0 aliphatic carbocycles. The second-order valence-corrected chi connectivity index (χ2v) is 2.91. The maximum atomic E-state index is 11.2. The first-order chi connectivity index (χ1) is 9.65. The molecular formula is C16H31NO3. The minimum absolute atomic E-state index is 0.422. The SMILES string of the molecule is CC.CC.CC.COc1ccccc1OC(=O)N(C)C. The minimum atomic E-state index is -0.422. The van der Waals surface area contributed by atoms with Crippen LogP contribution < -0.4 is 9.47 Å². The first kappa shape index (κ1) is 23.4. The monoisotopic (exact) mass is 285 g/mol. The summed E-state index contributed by atoms with van der Waals surface area (Å²) >= 11 is 0. The number of carbonyl (C=O) groups excluding carboxylic acids is 1. The lowest BCUT2D eigenvalue weighted by Gasteiger charge is -2.12. The average molecular weight is 285 g/mol. The summed E-state index contributed by atoms with van der Waals surface area (Å²) in [7, 11) is 4.78. The Hall–Kier alpha value is -1.71. The quantitative estimate of drug-likeness (QED) is 0.781. The highest BCUT2D eigenvalue weighted by Crippen LogP contribution is 2.25. The number of benzene rings is 1. The van der Waals surface area contributed by atoms with Gasteiger partial charge in [0.25, 0.3) is 0 Å². The summed E-state index contributed by atoms with van der Waals surface area (Å²) in [4.78, 5) is 12.6. The van der Waals surface area contributed by atoms with Crippen molar-refractivity contribution in [2.45, 2.75) is 41.5 Å². The van der Waals surface area contributed by atoms with Crippen LogP contribution in [-0.2, 0) is 0 Å². The van der Waals surface area contributed by atoms with E-state index < -0.39 is 6.09 Å². The molecule has 1 rings (SSSR count). The number of hydrogen-bond acceptors (Lipinski definition) is 3. The summed E-state index contributed by atoms with van der Waals surface area (Å²) in [6.45, 7) is 12.0. The molecule has 0 aromatic heterocycles. The van der Waals surface area contributed by atoms with Gasteiger partial charge in [0.05, 0.1) is 7.11 Å². The third-order valence-electron chi connectivity index (χ3n) is 1.63. The van der Waals surface area contributed by atoms with Crippen LogP contribution in [0.2, 0.25) is 0 Å². The zero-order chi connectivity index (χ0) is 16.6. The predicted octanol–water partition coefficient (Wildman–Crippen LogP) is 4.83. The van der Waals surface area contributed by atoms with Crippen LogP contribution in [0, 0.1) is 0 Å². The van der Waals surface area contributed by atoms with Crippen molar-refractivity contribution < 1.29 is 14.3 Å². The van der Waals surface area contributed by atoms with Gasteiger partial charge in [-0.25, -0.2) is 4.79 Å². The molecule has 0 aliphatic rings. The number of hydrogen-bond donors (Lipinski definition) is 0. The molecule has 20 heavy (non-hydrogen) atoms. The molecular weight excluding hydrogens is 254 g/mol. The van der Waals surface area contributed by atoms with Crippen molar-refractivity contribution in [3.8, 4) is 11.5 Å². The van der Waals surface area contributed by atoms with E-state index in [-0.39, 0.29) is 0 Å². The lowest BCUT2D eigenvalue weighted by molar-refractivity contribution is 0.170. The molecule has 0 saturated heterocycles. The molecule has 0 unspecified atom stereocenters. The molecule has 0 heterocycles. The van der Waals surface area contributed by atoms with E-state index in [1.165, 1.54) is 12.0 Å². The summed E-state index contributed by atoms with van der Waals surface area (Å²) in [5.74, 6) is 0.969. The van der Waals surface area contributed by atoms with Gasteiger partial charge in [0.15, 0.2) is 11.5 Å². The smallest absolute Gasteiger partial charge is 0.414 e. The molecule has 4 heteroatoms. The van der Waals surface area contributed by atoms with E-state index in [1.807, 2.05) is 47.6 Å². The highest BCUT2D eigenvalue weighted by atomic mass is 16.6. The van der Waals surface area contributed by atoms with Gasteiger partial charge in [-0.3, -0.25) is 0 Å². The van der Waals surface area contributed by atoms with Gasteiger partial charge < -0.3 is 14.4 Å². The fourth-order valence-electron chi connectivity index (χ4n) is 0.888. The topological polar surface area (TPSA) is 38.8 Å². The van der Waals surface area contributed by atoms with Gasteiger partial charge >= 0.3 is 6.09 Å². The minimum Gasteiger partial charge on any atom is -0.493 e. The lowest BCUT2D eigenvalue weighted by atomic mass is 10.3. The Labute approximate surface area is 124 Å². The van der Waals surface area contributed by atoms with Gasteiger partial charge in [-0.1, -0.05) is 53.7 Å². The van der Waals surface area contributed by atoms with Gasteiger partial charge in [-0.05, 0) is 12.1 Å². The van der Waals surface area contributed by atoms with Gasteiger partial charge in [0, 0.05) is 14.1 Å². The second-order valence-electron chi connectivity index (χ2n) is 2.91. The van der Waals surface area contributed by atoms with Gasteiger partial charge in [0.2, 0.25) is 0 Å². The first-order valence-corrected chi connectivity index (χ1v) is 7.17. The highest BCUT2D eigenvalue weighted by molar-refractivity contribution is 5.70. The number of carbonyl (C=O) groups is 1. The number of amides is 1. The van der Waals surface area contributed by atoms with E-state index in [0.717, 1.165) is 0 Å². The predicted molar refractivity (Wildman–Crippen MR) is 86.7 cm³/mol. The number of para-hydroxylation sites is 2. The van der Waals surface area contributed by atoms with Gasteiger partial charge in [-0.15, -0.1) is 0 Å². The van der Waals surface area contributed by atoms with Crippen molar-refractivity contribution in [2.24, 2.45) is 0 Å². The maximum absolute atomic E-state index is 11.2. The van der Waals surface area contributed by atoms with Crippen LogP contribution in [0.15, 0.2) is 24.3 Å². The van der Waals surface area contributed by atoms with Crippen LogP contribution in [0.5, 0.6) is 11.5 Å². The number of rotatable bonds is 2. The van der Waals surface area contributed by atoms with Crippen LogP contribution in [0.1, 0.15) is 41.5 Å². The van der Waals surface area contributed by atoms with E-state index in [9.17, 15) is 4.79 Å². The molecule has 118 valence electrons. The Morgan fingerprint density at radius 3 is 1.65 bits per heavy atom. The molecule has 0 fully saturated rings. The molecule has 0 bridgehead atoms. The zero-order valence-electron chi connectivity index (χ0n) is 14.5. The molecule has 0 N–H and O–H groups in total. The largest absolute Gasteiger partial charge is 0.493 e. The van der Waals surface area contributed by atoms with Gasteiger partial charge in [-0.2, -0.15) is 0 Å². The Kier molecular flexibility index (Phi) is 20.2. The summed E-state index contributed by atoms with van der Waals surface area (Å²) in [6, 6.07) is 7.01. The molecule has 1 aromatic carbocycles. The number of ether oxygens (including phenoxy) is 2. The van der Waals surface area contributed by atoms with Crippen LogP contribution in [0.3, 0.4) is 0 Å². The van der Waals surface area contributed by atoms with E-state index in [4.69, 9.17) is 9.47 Å². The van der Waals surface area contributed by atoms with Crippen molar-refractivity contribution >= 4 is 6.09 Å². The lowest BCUT2D eigenvalue weighted by Crippen LogP contribution is -2.25. The maximum Gasteiger partial charge on any atom is 0.414 e. The van der Waals surface area contributed by atoms with Crippen LogP contribution in [-0.4, -0.2) is 32.2 Å². The number of methoxy groups -OCH3 is 1. The van der Waals surface area contributed by atoms with Crippen molar-refractivity contribution in [1.82, 2.24) is 4.90 Å². The average Bonchev–Trinajstić information content (AvgIpc) is 2.53. The normalized spacial score (nSPS) is 7.45. The fraction of sp³-hybridized carbons (Fsp3) is 0.562. The second kappa shape index (κ2) is 17.3. The van der Waals surface area contributed by atoms with E-state index in [1.54, 1.807) is 32.3 Å². The molecule has 0 spiro atoms. The Morgan fingerprint density at radius 1 is 0.900 bits per heavy atom. The van der Waals surface area contributed by atoms with E-state index >= 15 is 0 Å². The summed E-state index contributed by atoms with van der Waals surface area (Å²) < 4.78 is 10.1. The summed E-state index contributed by atoms with van der Waals surface area (Å²) in [5, 5.41) is 0. The van der Waals surface area contributed by atoms with Crippen LogP contribution >= 0.6 is 0 Å². The zero-order valence-corrected chi connectivity index (χ0v) is 14.5. The summed E-state index contributed by atoms with van der Waals surface area (Å²) in [5.41, 5.74) is 0. The Bertz CT molecular complexity index is 325. The Morgan fingerprint density at radius 2 is 1.30 bits per heavy atom. The van der Waals surface area contributed by atoms with E-state index in [2.05, 4.69) is 0 Å². The fourth-order valence-corrected chi connectivity index (χ4v) is 0.888. The molecule has 0 aliphatic heterocycles. The standard InChI is InChI=1S/C10H13NO3.3C2H6/c1-11(2)10(12)14-9-7-5-4-6-8(9)13-3;3*1-2/h4-7H,1-3H3;3*1-2H3. The van der Waals surface area contributed by atoms with Crippen LogP contribution in [0.25, 0.3) is 0 Å². The van der Waals surface area contributed by atoms with Crippen LogP contribution in [0.4, 0.5) is 4.79 Å². The van der Waals surface area contributed by atoms with E-state index in [0.29, 0.717) is 11.5 Å². The molecule has 1 amide bonds.